The molecule has 0 amide bonds. The van der Waals surface area contributed by atoms with Crippen molar-refractivity contribution in [3.8, 4) is 0 Å². The number of unbranched alkanes of at least 4 members (excludes halogenated alkanes) is 1. The summed E-state index contributed by atoms with van der Waals surface area (Å²) in [6.07, 6.45) is 2.31. The van der Waals surface area contributed by atoms with Gasteiger partial charge < -0.3 is 9.88 Å². The Morgan fingerprint density at radius 3 is 2.60 bits per heavy atom. The minimum absolute atomic E-state index is 0.0564. The van der Waals surface area contributed by atoms with Gasteiger partial charge in [-0.2, -0.15) is 0 Å². The summed E-state index contributed by atoms with van der Waals surface area (Å²) in [5, 5.41) is 0.647. The minimum atomic E-state index is -0.0564. The second kappa shape index (κ2) is 8.41. The monoisotopic (exact) mass is 400 g/mol. The molecule has 3 aromatic rings. The number of aromatic amines is 1. The van der Waals surface area contributed by atoms with E-state index in [9.17, 15) is 4.79 Å². The maximum atomic E-state index is 12.3. The molecule has 1 heterocycles. The highest BCUT2D eigenvalue weighted by Crippen LogP contribution is 2.10. The van der Waals surface area contributed by atoms with Crippen LogP contribution in [0.3, 0.4) is 0 Å². The zero-order chi connectivity index (χ0) is 17.6. The molecule has 1 atom stereocenters. The molecule has 130 valence electrons. The van der Waals surface area contributed by atoms with Crippen molar-refractivity contribution in [3.63, 3.8) is 0 Å². The third-order valence-corrected chi connectivity index (χ3v) is 4.86. The van der Waals surface area contributed by atoms with Crippen molar-refractivity contribution in [1.29, 1.82) is 0 Å². The summed E-state index contributed by atoms with van der Waals surface area (Å²) in [7, 11) is 0. The average molecular weight is 401 g/mol. The van der Waals surface area contributed by atoms with E-state index < -0.39 is 0 Å². The van der Waals surface area contributed by atoms with Crippen LogP contribution in [0.2, 0.25) is 0 Å². The molecular formula is C20H23BrN3O+. The molecule has 0 fully saturated rings. The Labute approximate surface area is 156 Å². The van der Waals surface area contributed by atoms with E-state index in [4.69, 9.17) is 0 Å². The number of H-pyrrole nitrogens is 1. The summed E-state index contributed by atoms with van der Waals surface area (Å²) in [6.45, 7) is 4.90. The first-order valence-corrected chi connectivity index (χ1v) is 9.51. The Morgan fingerprint density at radius 2 is 1.84 bits per heavy atom. The maximum absolute atomic E-state index is 12.3. The summed E-state index contributed by atoms with van der Waals surface area (Å²) in [6, 6.07) is 15.9. The third kappa shape index (κ3) is 4.77. The van der Waals surface area contributed by atoms with Crippen LogP contribution in [0.4, 0.5) is 0 Å². The quantitative estimate of drug-likeness (QED) is 0.640. The number of hydrogen-bond donors (Lipinski definition) is 2. The molecule has 0 saturated heterocycles. The van der Waals surface area contributed by atoms with Gasteiger partial charge in [-0.05, 0) is 30.7 Å². The van der Waals surface area contributed by atoms with Gasteiger partial charge in [0.05, 0.1) is 17.4 Å². The van der Waals surface area contributed by atoms with Gasteiger partial charge in [0.25, 0.3) is 5.56 Å². The molecule has 0 spiro atoms. The molecule has 4 nitrogen and oxygen atoms in total. The lowest BCUT2D eigenvalue weighted by Gasteiger charge is -2.19. The maximum Gasteiger partial charge on any atom is 0.258 e. The van der Waals surface area contributed by atoms with Crippen LogP contribution in [-0.4, -0.2) is 16.5 Å². The van der Waals surface area contributed by atoms with Crippen molar-refractivity contribution in [3.05, 3.63) is 74.7 Å². The van der Waals surface area contributed by atoms with Crippen LogP contribution in [0.1, 0.15) is 31.2 Å². The molecule has 25 heavy (non-hydrogen) atoms. The summed E-state index contributed by atoms with van der Waals surface area (Å²) < 4.78 is 1.09. The van der Waals surface area contributed by atoms with Crippen LogP contribution in [0.15, 0.2) is 57.8 Å². The fourth-order valence-electron chi connectivity index (χ4n) is 3.01. The van der Waals surface area contributed by atoms with Crippen molar-refractivity contribution in [2.75, 3.05) is 6.54 Å². The fourth-order valence-corrected chi connectivity index (χ4v) is 3.28. The largest absolute Gasteiger partial charge is 0.325 e. The molecule has 0 radical (unpaired) electrons. The first-order chi connectivity index (χ1) is 12.2. The van der Waals surface area contributed by atoms with Crippen LogP contribution >= 0.6 is 15.9 Å². The van der Waals surface area contributed by atoms with Crippen LogP contribution in [0.25, 0.3) is 10.9 Å². The van der Waals surface area contributed by atoms with E-state index in [0.717, 1.165) is 48.3 Å². The number of rotatable bonds is 7. The lowest BCUT2D eigenvalue weighted by atomic mass is 10.2. The van der Waals surface area contributed by atoms with E-state index in [1.807, 2.05) is 24.3 Å². The molecule has 0 aliphatic rings. The van der Waals surface area contributed by atoms with E-state index >= 15 is 0 Å². The van der Waals surface area contributed by atoms with Gasteiger partial charge in [-0.1, -0.05) is 53.5 Å². The summed E-state index contributed by atoms with van der Waals surface area (Å²) in [5.41, 5.74) is 2.00. The number of nitrogens with zero attached hydrogens (tertiary/aromatic N) is 1. The summed E-state index contributed by atoms with van der Waals surface area (Å²) in [4.78, 5) is 21.3. The Hall–Kier alpha value is -1.98. The van der Waals surface area contributed by atoms with Crippen LogP contribution in [0.5, 0.6) is 0 Å². The fraction of sp³-hybridized carbons (Fsp3) is 0.300. The Kier molecular flexibility index (Phi) is 6.00. The van der Waals surface area contributed by atoms with Gasteiger partial charge in [-0.25, -0.2) is 4.98 Å². The van der Waals surface area contributed by atoms with Crippen molar-refractivity contribution < 1.29 is 4.90 Å². The minimum Gasteiger partial charge on any atom is -0.325 e. The molecule has 0 aliphatic carbocycles. The van der Waals surface area contributed by atoms with Gasteiger partial charge in [-0.3, -0.25) is 4.79 Å². The van der Waals surface area contributed by atoms with Gasteiger partial charge in [-0.15, -0.1) is 0 Å². The standard InChI is InChI=1S/C20H22BrN3O/c1-2-3-12-24(13-15-8-10-16(21)11-9-15)14-19-22-18-7-5-4-6-17(18)20(25)23-19/h4-11H,2-3,12-14H2,1H3,(H,22,23,25)/p+1. The van der Waals surface area contributed by atoms with Crippen molar-refractivity contribution in [1.82, 2.24) is 9.97 Å². The van der Waals surface area contributed by atoms with Gasteiger partial charge >= 0.3 is 0 Å². The summed E-state index contributed by atoms with van der Waals surface area (Å²) in [5.74, 6) is 0.756. The lowest BCUT2D eigenvalue weighted by molar-refractivity contribution is -0.928. The number of aromatic nitrogens is 2. The highest BCUT2D eigenvalue weighted by Gasteiger charge is 2.13. The first-order valence-electron chi connectivity index (χ1n) is 8.71. The van der Waals surface area contributed by atoms with E-state index in [1.54, 1.807) is 0 Å². The van der Waals surface area contributed by atoms with E-state index in [0.29, 0.717) is 5.39 Å². The zero-order valence-electron chi connectivity index (χ0n) is 14.4. The van der Waals surface area contributed by atoms with E-state index in [-0.39, 0.29) is 5.56 Å². The Balaban J connectivity index is 1.82. The van der Waals surface area contributed by atoms with Crippen LogP contribution in [-0.2, 0) is 13.1 Å². The summed E-state index contributed by atoms with van der Waals surface area (Å²) >= 11 is 3.48. The SMILES string of the molecule is CCCC[NH+](Cc1ccc(Br)cc1)Cc1nc2ccccc2c(=O)[nH]1. The van der Waals surface area contributed by atoms with Crippen molar-refractivity contribution in [2.24, 2.45) is 0 Å². The topological polar surface area (TPSA) is 50.2 Å². The highest BCUT2D eigenvalue weighted by molar-refractivity contribution is 9.10. The molecule has 0 saturated carbocycles. The van der Waals surface area contributed by atoms with Gasteiger partial charge in [0.15, 0.2) is 5.82 Å². The predicted molar refractivity (Wildman–Crippen MR) is 105 cm³/mol. The van der Waals surface area contributed by atoms with Gasteiger partial charge in [0.1, 0.15) is 13.1 Å². The first kappa shape index (κ1) is 17.8. The number of quaternary nitrogens is 1. The molecule has 0 aliphatic heterocycles. The van der Waals surface area contributed by atoms with Gasteiger partial charge in [0.2, 0.25) is 0 Å². The molecule has 5 heteroatoms. The number of para-hydroxylation sites is 1. The molecule has 0 bridgehead atoms. The Morgan fingerprint density at radius 1 is 1.08 bits per heavy atom. The van der Waals surface area contributed by atoms with E-state index in [1.165, 1.54) is 10.5 Å². The predicted octanol–water partition coefficient (Wildman–Crippen LogP) is 3.07. The number of fused-ring (bicyclic) bond motifs is 1. The zero-order valence-corrected chi connectivity index (χ0v) is 16.0. The molecule has 1 unspecified atom stereocenters. The normalized spacial score (nSPS) is 12.4. The van der Waals surface area contributed by atoms with Gasteiger partial charge in [0, 0.05) is 10.0 Å². The third-order valence-electron chi connectivity index (χ3n) is 4.33. The van der Waals surface area contributed by atoms with Crippen molar-refractivity contribution >= 4 is 26.8 Å². The number of hydrogen-bond acceptors (Lipinski definition) is 2. The molecule has 2 aromatic carbocycles. The molecular weight excluding hydrogens is 378 g/mol. The smallest absolute Gasteiger partial charge is 0.258 e. The Bertz CT molecular complexity index is 889. The highest BCUT2D eigenvalue weighted by atomic mass is 79.9. The van der Waals surface area contributed by atoms with Crippen LogP contribution in [0, 0.1) is 0 Å². The van der Waals surface area contributed by atoms with Crippen molar-refractivity contribution in [2.45, 2.75) is 32.9 Å². The average Bonchev–Trinajstić information content (AvgIpc) is 2.61. The second-order valence-corrected chi connectivity index (χ2v) is 7.28. The number of benzene rings is 2. The number of halogens is 1. The molecule has 2 N–H and O–H groups in total. The second-order valence-electron chi connectivity index (χ2n) is 6.36. The lowest BCUT2D eigenvalue weighted by Crippen LogP contribution is -3.09. The molecule has 1 aromatic heterocycles. The number of nitrogens with one attached hydrogen (secondary N) is 2. The van der Waals surface area contributed by atoms with Crippen LogP contribution < -0.4 is 10.5 Å². The van der Waals surface area contributed by atoms with E-state index in [2.05, 4.69) is 57.1 Å². The molecule has 3 rings (SSSR count).